The fraction of sp³-hybridized carbons (Fsp3) is 0.538. The molecule has 2 N–H and O–H groups in total. The Morgan fingerprint density at radius 1 is 1.42 bits per heavy atom. The Bertz CT molecular complexity index is 525. The van der Waals surface area contributed by atoms with Crippen LogP contribution < -0.4 is 10.2 Å². The summed E-state index contributed by atoms with van der Waals surface area (Å²) in [6.07, 6.45) is 6.66. The molecule has 2 aromatic rings. The van der Waals surface area contributed by atoms with Crippen molar-refractivity contribution in [1.82, 2.24) is 14.4 Å². The third-order valence-electron chi connectivity index (χ3n) is 2.96. The molecule has 0 saturated carbocycles. The van der Waals surface area contributed by atoms with Crippen molar-refractivity contribution in [2.45, 2.75) is 20.3 Å². The monoisotopic (exact) mass is 263 g/mol. The van der Waals surface area contributed by atoms with Crippen LogP contribution in [0.15, 0.2) is 18.6 Å². The van der Waals surface area contributed by atoms with Crippen LogP contribution in [-0.4, -0.2) is 45.7 Å². The molecule has 6 nitrogen and oxygen atoms in total. The van der Waals surface area contributed by atoms with Gasteiger partial charge in [0.05, 0.1) is 12.8 Å². The normalized spacial score (nSPS) is 10.9. The van der Waals surface area contributed by atoms with E-state index in [2.05, 4.69) is 22.2 Å². The van der Waals surface area contributed by atoms with E-state index in [9.17, 15) is 0 Å². The van der Waals surface area contributed by atoms with Crippen molar-refractivity contribution >= 4 is 17.3 Å². The number of aliphatic hydroxyl groups excluding tert-OH is 1. The first kappa shape index (κ1) is 13.6. The number of aliphatic hydroxyl groups is 1. The summed E-state index contributed by atoms with van der Waals surface area (Å²) in [6, 6.07) is 0. The molecule has 2 heterocycles. The largest absolute Gasteiger partial charge is 0.395 e. The quantitative estimate of drug-likeness (QED) is 0.790. The molecule has 2 aromatic heterocycles. The number of nitrogens with zero attached hydrogens (tertiary/aromatic N) is 4. The van der Waals surface area contributed by atoms with Gasteiger partial charge in [-0.15, -0.1) is 0 Å². The van der Waals surface area contributed by atoms with Crippen LogP contribution in [0.5, 0.6) is 0 Å². The fourth-order valence-electron chi connectivity index (χ4n) is 2.00. The lowest BCUT2D eigenvalue weighted by atomic mass is 10.4. The van der Waals surface area contributed by atoms with Gasteiger partial charge >= 0.3 is 0 Å². The number of likely N-dealkylation sites (N-methyl/N-ethyl adjacent to an activating group) is 1. The summed E-state index contributed by atoms with van der Waals surface area (Å²) in [4.78, 5) is 11.0. The summed E-state index contributed by atoms with van der Waals surface area (Å²) >= 11 is 0. The molecule has 6 heteroatoms. The lowest BCUT2D eigenvalue weighted by Gasteiger charge is -2.22. The third-order valence-corrected chi connectivity index (χ3v) is 2.96. The highest BCUT2D eigenvalue weighted by molar-refractivity contribution is 5.66. The Kier molecular flexibility index (Phi) is 4.57. The van der Waals surface area contributed by atoms with Gasteiger partial charge in [0.15, 0.2) is 11.5 Å². The van der Waals surface area contributed by atoms with Gasteiger partial charge in [0.1, 0.15) is 5.82 Å². The maximum Gasteiger partial charge on any atom is 0.180 e. The van der Waals surface area contributed by atoms with Crippen LogP contribution in [0.2, 0.25) is 0 Å². The number of nitrogens with one attached hydrogen (secondary N) is 1. The van der Waals surface area contributed by atoms with Gasteiger partial charge in [0.25, 0.3) is 0 Å². The van der Waals surface area contributed by atoms with Crippen molar-refractivity contribution in [1.29, 1.82) is 0 Å². The number of hydrogen-bond donors (Lipinski definition) is 2. The standard InChI is InChI=1S/C13H21N5O/c1-3-5-14-11-10-18-7-6-15-12(18)13(16-11)17(4-2)8-9-19/h6-7,10,14,19H,3-5,8-9H2,1-2H3. The minimum absolute atomic E-state index is 0.106. The minimum atomic E-state index is 0.106. The van der Waals surface area contributed by atoms with Crippen LogP contribution in [0.1, 0.15) is 20.3 Å². The number of imidazole rings is 1. The highest BCUT2D eigenvalue weighted by Crippen LogP contribution is 2.20. The highest BCUT2D eigenvalue weighted by Gasteiger charge is 2.13. The van der Waals surface area contributed by atoms with E-state index in [4.69, 9.17) is 5.11 Å². The van der Waals surface area contributed by atoms with Crippen molar-refractivity contribution < 1.29 is 5.11 Å². The van der Waals surface area contributed by atoms with Crippen LogP contribution in [0.4, 0.5) is 11.6 Å². The number of hydrogen-bond acceptors (Lipinski definition) is 5. The average Bonchev–Trinajstić information content (AvgIpc) is 2.90. The van der Waals surface area contributed by atoms with Gasteiger partial charge in [-0.3, -0.25) is 0 Å². The summed E-state index contributed by atoms with van der Waals surface area (Å²) in [5.41, 5.74) is 0.817. The molecular formula is C13H21N5O. The molecule has 0 radical (unpaired) electrons. The number of anilines is 2. The molecule has 0 atom stereocenters. The number of aromatic nitrogens is 3. The van der Waals surface area contributed by atoms with Crippen LogP contribution in [0.25, 0.3) is 5.65 Å². The van der Waals surface area contributed by atoms with Gasteiger partial charge in [-0.05, 0) is 13.3 Å². The van der Waals surface area contributed by atoms with Crippen LogP contribution >= 0.6 is 0 Å². The summed E-state index contributed by atoms with van der Waals surface area (Å²) in [5.74, 6) is 1.64. The minimum Gasteiger partial charge on any atom is -0.395 e. The SMILES string of the molecule is CCCNc1cn2ccnc2c(N(CC)CCO)n1. The van der Waals surface area contributed by atoms with Crippen molar-refractivity contribution in [3.63, 3.8) is 0 Å². The van der Waals surface area contributed by atoms with Crippen LogP contribution in [0.3, 0.4) is 0 Å². The van der Waals surface area contributed by atoms with E-state index in [1.807, 2.05) is 28.6 Å². The predicted molar refractivity (Wildman–Crippen MR) is 76.7 cm³/mol. The van der Waals surface area contributed by atoms with Crippen LogP contribution in [-0.2, 0) is 0 Å². The first-order valence-corrected chi connectivity index (χ1v) is 6.73. The summed E-state index contributed by atoms with van der Waals surface area (Å²) in [5, 5.41) is 12.4. The maximum atomic E-state index is 9.15. The van der Waals surface area contributed by atoms with E-state index >= 15 is 0 Å². The molecular weight excluding hydrogens is 242 g/mol. The molecule has 0 fully saturated rings. The second kappa shape index (κ2) is 6.38. The van der Waals surface area contributed by atoms with Crippen LogP contribution in [0, 0.1) is 0 Å². The van der Waals surface area contributed by atoms with E-state index in [1.165, 1.54) is 0 Å². The Balaban J connectivity index is 2.40. The van der Waals surface area contributed by atoms with Crippen molar-refractivity contribution in [3.05, 3.63) is 18.6 Å². The third kappa shape index (κ3) is 2.96. The van der Waals surface area contributed by atoms with Gasteiger partial charge in [0.2, 0.25) is 0 Å². The van der Waals surface area contributed by atoms with E-state index in [1.54, 1.807) is 6.20 Å². The maximum absolute atomic E-state index is 9.15. The van der Waals surface area contributed by atoms with Crippen molar-refractivity contribution in [2.75, 3.05) is 36.5 Å². The predicted octanol–water partition coefficient (Wildman–Crippen LogP) is 1.37. The molecule has 2 rings (SSSR count). The highest BCUT2D eigenvalue weighted by atomic mass is 16.3. The van der Waals surface area contributed by atoms with Gasteiger partial charge in [-0.1, -0.05) is 6.92 Å². The molecule has 0 spiro atoms. The molecule has 0 aromatic carbocycles. The Morgan fingerprint density at radius 3 is 2.95 bits per heavy atom. The number of rotatable bonds is 7. The lowest BCUT2D eigenvalue weighted by Crippen LogP contribution is -2.28. The summed E-state index contributed by atoms with van der Waals surface area (Å²) in [7, 11) is 0. The summed E-state index contributed by atoms with van der Waals surface area (Å²) in [6.45, 7) is 6.50. The molecule has 0 aliphatic rings. The first-order valence-electron chi connectivity index (χ1n) is 6.73. The van der Waals surface area contributed by atoms with Gasteiger partial charge in [-0.2, -0.15) is 0 Å². The van der Waals surface area contributed by atoms with E-state index in [-0.39, 0.29) is 6.61 Å². The van der Waals surface area contributed by atoms with E-state index < -0.39 is 0 Å². The van der Waals surface area contributed by atoms with Gasteiger partial charge in [-0.25, -0.2) is 9.97 Å². The topological polar surface area (TPSA) is 65.7 Å². The molecule has 104 valence electrons. The Morgan fingerprint density at radius 2 is 2.26 bits per heavy atom. The average molecular weight is 263 g/mol. The zero-order valence-electron chi connectivity index (χ0n) is 11.5. The summed E-state index contributed by atoms with van der Waals surface area (Å²) < 4.78 is 1.96. The molecule has 0 unspecified atom stereocenters. The zero-order chi connectivity index (χ0) is 13.7. The lowest BCUT2D eigenvalue weighted by molar-refractivity contribution is 0.302. The van der Waals surface area contributed by atoms with Crippen molar-refractivity contribution in [2.24, 2.45) is 0 Å². The molecule has 0 bridgehead atoms. The molecule has 0 amide bonds. The number of fused-ring (bicyclic) bond motifs is 1. The van der Waals surface area contributed by atoms with E-state index in [0.29, 0.717) is 6.54 Å². The molecule has 0 saturated heterocycles. The zero-order valence-corrected chi connectivity index (χ0v) is 11.5. The second-order valence-corrected chi connectivity index (χ2v) is 4.34. The van der Waals surface area contributed by atoms with Crippen molar-refractivity contribution in [3.8, 4) is 0 Å². The Labute approximate surface area is 113 Å². The first-order chi connectivity index (χ1) is 9.30. The van der Waals surface area contributed by atoms with E-state index in [0.717, 1.165) is 36.8 Å². The van der Waals surface area contributed by atoms with Gasteiger partial charge in [0, 0.05) is 32.0 Å². The smallest absolute Gasteiger partial charge is 0.180 e. The van der Waals surface area contributed by atoms with Gasteiger partial charge < -0.3 is 19.7 Å². The molecule has 0 aliphatic heterocycles. The molecule has 0 aliphatic carbocycles. The Hall–Kier alpha value is -1.82. The fourth-order valence-corrected chi connectivity index (χ4v) is 2.00. The second-order valence-electron chi connectivity index (χ2n) is 4.34. The molecule has 19 heavy (non-hydrogen) atoms.